The van der Waals surface area contributed by atoms with Crippen LogP contribution in [0.5, 0.6) is 0 Å². The Bertz CT molecular complexity index is 318. The number of carbonyl (C=O) groups is 2. The molecule has 5 heteroatoms. The van der Waals surface area contributed by atoms with E-state index in [1.165, 1.54) is 6.42 Å². The zero-order valence-corrected chi connectivity index (χ0v) is 10.7. The summed E-state index contributed by atoms with van der Waals surface area (Å²) in [5, 5.41) is 2.81. The van der Waals surface area contributed by atoms with Crippen LogP contribution in [0, 0.1) is 17.8 Å². The summed E-state index contributed by atoms with van der Waals surface area (Å²) in [4.78, 5) is 22.6. The molecule has 5 nitrogen and oxygen atoms in total. The summed E-state index contributed by atoms with van der Waals surface area (Å²) in [7, 11) is 0. The predicted octanol–water partition coefficient (Wildman–Crippen LogP) is 0.132. The molecule has 2 bridgehead atoms. The molecule has 0 spiro atoms. The molecule has 2 unspecified atom stereocenters. The van der Waals surface area contributed by atoms with Crippen molar-refractivity contribution in [2.75, 3.05) is 6.54 Å². The van der Waals surface area contributed by atoms with E-state index >= 15 is 0 Å². The van der Waals surface area contributed by atoms with Crippen LogP contribution < -0.4 is 16.8 Å². The summed E-state index contributed by atoms with van der Waals surface area (Å²) in [5.41, 5.74) is 11.2. The molecular formula is C13H23N3O2. The van der Waals surface area contributed by atoms with Crippen LogP contribution in [0.4, 0.5) is 0 Å². The first-order valence-corrected chi connectivity index (χ1v) is 6.89. The Morgan fingerprint density at radius 1 is 1.17 bits per heavy atom. The first-order valence-electron chi connectivity index (χ1n) is 6.89. The highest BCUT2D eigenvalue weighted by molar-refractivity contribution is 5.80. The Morgan fingerprint density at radius 3 is 2.33 bits per heavy atom. The Morgan fingerprint density at radius 2 is 1.78 bits per heavy atom. The highest BCUT2D eigenvalue weighted by atomic mass is 16.2. The molecule has 2 aliphatic rings. The monoisotopic (exact) mass is 253 g/mol. The molecule has 2 rings (SSSR count). The molecule has 2 atom stereocenters. The van der Waals surface area contributed by atoms with E-state index < -0.39 is 0 Å². The van der Waals surface area contributed by atoms with E-state index in [2.05, 4.69) is 5.32 Å². The lowest BCUT2D eigenvalue weighted by molar-refractivity contribution is -0.128. The van der Waals surface area contributed by atoms with Gasteiger partial charge < -0.3 is 16.8 Å². The van der Waals surface area contributed by atoms with Crippen molar-refractivity contribution < 1.29 is 9.59 Å². The van der Waals surface area contributed by atoms with Crippen LogP contribution in [-0.4, -0.2) is 24.4 Å². The number of rotatable bonds is 4. The quantitative estimate of drug-likeness (QED) is 0.664. The van der Waals surface area contributed by atoms with Gasteiger partial charge in [0.25, 0.3) is 0 Å². The van der Waals surface area contributed by atoms with Crippen molar-refractivity contribution in [2.45, 2.75) is 44.6 Å². The molecular weight excluding hydrogens is 230 g/mol. The number of nitrogens with two attached hydrogens (primary N) is 2. The summed E-state index contributed by atoms with van der Waals surface area (Å²) in [6.45, 7) is 0.353. The third kappa shape index (κ3) is 3.02. The Hall–Kier alpha value is -1.10. The van der Waals surface area contributed by atoms with Crippen molar-refractivity contribution in [3.05, 3.63) is 0 Å². The van der Waals surface area contributed by atoms with Crippen molar-refractivity contribution in [3.8, 4) is 0 Å². The summed E-state index contributed by atoms with van der Waals surface area (Å²) in [5.74, 6) is 0.777. The van der Waals surface area contributed by atoms with E-state index in [0.717, 1.165) is 25.7 Å². The zero-order valence-electron chi connectivity index (χ0n) is 10.7. The lowest BCUT2D eigenvalue weighted by Gasteiger charge is -2.43. The average Bonchev–Trinajstić information content (AvgIpc) is 2.27. The van der Waals surface area contributed by atoms with Crippen LogP contribution in [0.3, 0.4) is 0 Å². The van der Waals surface area contributed by atoms with E-state index in [4.69, 9.17) is 11.5 Å². The molecule has 0 aromatic carbocycles. The Balaban J connectivity index is 1.83. The second kappa shape index (κ2) is 5.69. The van der Waals surface area contributed by atoms with Crippen molar-refractivity contribution in [1.29, 1.82) is 0 Å². The summed E-state index contributed by atoms with van der Waals surface area (Å²) < 4.78 is 0. The lowest BCUT2D eigenvalue weighted by Crippen LogP contribution is -2.49. The van der Waals surface area contributed by atoms with Gasteiger partial charge in [0.15, 0.2) is 0 Å². The minimum absolute atomic E-state index is 0.0695. The van der Waals surface area contributed by atoms with Gasteiger partial charge in [0.05, 0.1) is 0 Å². The third-order valence-corrected chi connectivity index (χ3v) is 4.45. The molecule has 0 aromatic rings. The molecule has 5 N–H and O–H groups in total. The smallest absolute Gasteiger partial charge is 0.223 e. The first-order chi connectivity index (χ1) is 8.58. The van der Waals surface area contributed by atoms with Gasteiger partial charge in [-0.25, -0.2) is 0 Å². The van der Waals surface area contributed by atoms with Gasteiger partial charge >= 0.3 is 0 Å². The van der Waals surface area contributed by atoms with Gasteiger partial charge in [0.1, 0.15) is 0 Å². The molecule has 102 valence electrons. The summed E-state index contributed by atoms with van der Waals surface area (Å²) in [6.07, 6.45) is 5.58. The van der Waals surface area contributed by atoms with Gasteiger partial charge in [0.2, 0.25) is 11.8 Å². The van der Waals surface area contributed by atoms with Crippen molar-refractivity contribution in [3.63, 3.8) is 0 Å². The highest BCUT2D eigenvalue weighted by Crippen LogP contribution is 2.41. The molecule has 0 saturated heterocycles. The van der Waals surface area contributed by atoms with Crippen LogP contribution in [-0.2, 0) is 9.59 Å². The molecule has 0 aromatic heterocycles. The van der Waals surface area contributed by atoms with Crippen molar-refractivity contribution in [1.82, 2.24) is 5.32 Å². The lowest BCUT2D eigenvalue weighted by atomic mass is 9.65. The van der Waals surface area contributed by atoms with E-state index in [9.17, 15) is 9.59 Å². The van der Waals surface area contributed by atoms with Crippen molar-refractivity contribution >= 4 is 11.8 Å². The summed E-state index contributed by atoms with van der Waals surface area (Å²) >= 11 is 0. The standard InChI is InChI=1S/C13H23N3O2/c14-11(17)4-5-16-13(18)10-6-8-2-1-3-9(7-10)12(8)15/h8-10,12H,1-7,15H2,(H2,14,17)(H,16,18). The summed E-state index contributed by atoms with van der Waals surface area (Å²) in [6, 6.07) is 0.286. The highest BCUT2D eigenvalue weighted by Gasteiger charge is 2.40. The fourth-order valence-corrected chi connectivity index (χ4v) is 3.46. The maximum Gasteiger partial charge on any atom is 0.223 e. The minimum Gasteiger partial charge on any atom is -0.370 e. The Labute approximate surface area is 108 Å². The number of nitrogens with one attached hydrogen (secondary N) is 1. The number of primary amides is 1. The van der Waals surface area contributed by atoms with E-state index in [1.807, 2.05) is 0 Å². The van der Waals surface area contributed by atoms with E-state index in [0.29, 0.717) is 18.4 Å². The number of amides is 2. The zero-order chi connectivity index (χ0) is 13.1. The second-order valence-electron chi connectivity index (χ2n) is 5.70. The minimum atomic E-state index is -0.377. The van der Waals surface area contributed by atoms with Crippen molar-refractivity contribution in [2.24, 2.45) is 29.2 Å². The fourth-order valence-electron chi connectivity index (χ4n) is 3.46. The molecule has 2 fully saturated rings. The first kappa shape index (κ1) is 13.3. The Kier molecular flexibility index (Phi) is 4.22. The van der Waals surface area contributed by atoms with Gasteiger partial charge in [-0.3, -0.25) is 9.59 Å². The normalized spacial score (nSPS) is 34.9. The molecule has 2 saturated carbocycles. The predicted molar refractivity (Wildman–Crippen MR) is 68.4 cm³/mol. The molecule has 0 heterocycles. The molecule has 18 heavy (non-hydrogen) atoms. The maximum atomic E-state index is 12.0. The molecule has 2 aliphatic carbocycles. The number of fused-ring (bicyclic) bond motifs is 2. The molecule has 0 aliphatic heterocycles. The van der Waals surface area contributed by atoms with Crippen LogP contribution in [0.25, 0.3) is 0 Å². The van der Waals surface area contributed by atoms with Crippen LogP contribution in [0.2, 0.25) is 0 Å². The number of carbonyl (C=O) groups excluding carboxylic acids is 2. The van der Waals surface area contributed by atoms with E-state index in [1.54, 1.807) is 0 Å². The van der Waals surface area contributed by atoms with Gasteiger partial charge in [-0.05, 0) is 37.5 Å². The average molecular weight is 253 g/mol. The van der Waals surface area contributed by atoms with Gasteiger partial charge in [-0.2, -0.15) is 0 Å². The fraction of sp³-hybridized carbons (Fsp3) is 0.846. The topological polar surface area (TPSA) is 98.2 Å². The van der Waals surface area contributed by atoms with Crippen LogP contribution in [0.1, 0.15) is 38.5 Å². The SMILES string of the molecule is NC(=O)CCNC(=O)C1CC2CCCC(C1)C2N. The molecule has 2 amide bonds. The maximum absolute atomic E-state index is 12.0. The third-order valence-electron chi connectivity index (χ3n) is 4.45. The van der Waals surface area contributed by atoms with Crippen LogP contribution >= 0.6 is 0 Å². The van der Waals surface area contributed by atoms with Crippen LogP contribution in [0.15, 0.2) is 0 Å². The second-order valence-corrected chi connectivity index (χ2v) is 5.70. The van der Waals surface area contributed by atoms with E-state index in [-0.39, 0.29) is 30.2 Å². The number of hydrogen-bond donors (Lipinski definition) is 3. The van der Waals surface area contributed by atoms with Gasteiger partial charge in [-0.15, -0.1) is 0 Å². The van der Waals surface area contributed by atoms with Gasteiger partial charge in [-0.1, -0.05) is 6.42 Å². The number of hydrogen-bond acceptors (Lipinski definition) is 3. The largest absolute Gasteiger partial charge is 0.370 e. The van der Waals surface area contributed by atoms with Gasteiger partial charge in [0, 0.05) is 24.9 Å². The molecule has 0 radical (unpaired) electrons.